The van der Waals surface area contributed by atoms with Gasteiger partial charge in [-0.25, -0.2) is 0 Å². The molecular formula is C10H16N4O. The van der Waals surface area contributed by atoms with E-state index in [1.54, 1.807) is 6.07 Å². The third-order valence-electron chi connectivity index (χ3n) is 2.43. The largest absolute Gasteiger partial charge is 0.349 e. The minimum absolute atomic E-state index is 0.0515. The van der Waals surface area contributed by atoms with E-state index in [-0.39, 0.29) is 17.9 Å². The van der Waals surface area contributed by atoms with Gasteiger partial charge in [-0.2, -0.15) is 10.2 Å². The zero-order valence-corrected chi connectivity index (χ0v) is 8.97. The molecule has 82 valence electrons. The van der Waals surface area contributed by atoms with E-state index < -0.39 is 0 Å². The zero-order chi connectivity index (χ0) is 11.3. The van der Waals surface area contributed by atoms with E-state index in [4.69, 9.17) is 5.73 Å². The molecule has 0 aliphatic carbocycles. The summed E-state index contributed by atoms with van der Waals surface area (Å²) in [4.78, 5) is 11.7. The second-order valence-electron chi connectivity index (χ2n) is 3.61. The first-order valence-electron chi connectivity index (χ1n) is 4.92. The van der Waals surface area contributed by atoms with Gasteiger partial charge in [-0.05, 0) is 25.5 Å². The van der Waals surface area contributed by atoms with Gasteiger partial charge in [-0.3, -0.25) is 4.79 Å². The van der Waals surface area contributed by atoms with Crippen LogP contribution in [0.4, 0.5) is 0 Å². The molecule has 0 saturated heterocycles. The third kappa shape index (κ3) is 3.28. The van der Waals surface area contributed by atoms with E-state index in [0.29, 0.717) is 12.1 Å². The maximum atomic E-state index is 11.7. The fourth-order valence-corrected chi connectivity index (χ4v) is 1.06. The Balaban J connectivity index is 2.57. The summed E-state index contributed by atoms with van der Waals surface area (Å²) in [6.07, 6.45) is 2.93. The van der Waals surface area contributed by atoms with Gasteiger partial charge in [0.2, 0.25) is 0 Å². The normalized spacial score (nSPS) is 14.3. The molecule has 0 spiro atoms. The van der Waals surface area contributed by atoms with Crippen molar-refractivity contribution in [2.24, 2.45) is 11.7 Å². The molecule has 15 heavy (non-hydrogen) atoms. The lowest BCUT2D eigenvalue weighted by Crippen LogP contribution is -2.39. The third-order valence-corrected chi connectivity index (χ3v) is 2.43. The van der Waals surface area contributed by atoms with Gasteiger partial charge in [-0.15, -0.1) is 0 Å². The molecule has 5 nitrogen and oxygen atoms in total. The van der Waals surface area contributed by atoms with Crippen LogP contribution >= 0.6 is 0 Å². The van der Waals surface area contributed by atoms with E-state index in [1.165, 1.54) is 12.4 Å². The van der Waals surface area contributed by atoms with E-state index in [2.05, 4.69) is 15.5 Å². The lowest BCUT2D eigenvalue weighted by molar-refractivity contribution is 0.0929. The van der Waals surface area contributed by atoms with E-state index >= 15 is 0 Å². The topological polar surface area (TPSA) is 80.9 Å². The maximum Gasteiger partial charge on any atom is 0.253 e. The number of nitrogens with two attached hydrogens (primary N) is 1. The van der Waals surface area contributed by atoms with Crippen molar-refractivity contribution in [1.29, 1.82) is 0 Å². The number of amides is 1. The Kier molecular flexibility index (Phi) is 4.17. The molecule has 1 amide bonds. The van der Waals surface area contributed by atoms with Crippen molar-refractivity contribution in [2.75, 3.05) is 6.54 Å². The van der Waals surface area contributed by atoms with Gasteiger partial charge in [0.15, 0.2) is 0 Å². The van der Waals surface area contributed by atoms with Crippen molar-refractivity contribution < 1.29 is 4.79 Å². The van der Waals surface area contributed by atoms with Gasteiger partial charge < -0.3 is 11.1 Å². The molecule has 0 saturated carbocycles. The summed E-state index contributed by atoms with van der Waals surface area (Å²) in [7, 11) is 0. The number of hydrogen-bond acceptors (Lipinski definition) is 4. The van der Waals surface area contributed by atoms with Crippen LogP contribution in [0.15, 0.2) is 18.5 Å². The first-order chi connectivity index (χ1) is 7.15. The zero-order valence-electron chi connectivity index (χ0n) is 8.97. The molecule has 5 heteroatoms. The van der Waals surface area contributed by atoms with Gasteiger partial charge in [0.05, 0.1) is 18.0 Å². The van der Waals surface area contributed by atoms with E-state index in [0.717, 1.165) is 0 Å². The quantitative estimate of drug-likeness (QED) is 0.740. The lowest BCUT2D eigenvalue weighted by Gasteiger charge is -2.19. The van der Waals surface area contributed by atoms with Crippen molar-refractivity contribution in [1.82, 2.24) is 15.5 Å². The van der Waals surface area contributed by atoms with Crippen LogP contribution in [-0.4, -0.2) is 28.7 Å². The van der Waals surface area contributed by atoms with Crippen LogP contribution < -0.4 is 11.1 Å². The van der Waals surface area contributed by atoms with Gasteiger partial charge in [0, 0.05) is 6.04 Å². The Morgan fingerprint density at radius 2 is 2.27 bits per heavy atom. The molecule has 3 N–H and O–H groups in total. The van der Waals surface area contributed by atoms with Crippen LogP contribution in [0.3, 0.4) is 0 Å². The minimum atomic E-state index is -0.141. The Labute approximate surface area is 89.1 Å². The van der Waals surface area contributed by atoms with Crippen LogP contribution in [0.5, 0.6) is 0 Å². The SMILES string of the molecule is CC(CN)C(C)NC(=O)c1ccnnc1. The lowest BCUT2D eigenvalue weighted by atomic mass is 10.0. The van der Waals surface area contributed by atoms with Crippen LogP contribution in [-0.2, 0) is 0 Å². The average molecular weight is 208 g/mol. The second kappa shape index (κ2) is 5.41. The van der Waals surface area contributed by atoms with Crippen LogP contribution in [0.2, 0.25) is 0 Å². The minimum Gasteiger partial charge on any atom is -0.349 e. The van der Waals surface area contributed by atoms with Crippen molar-refractivity contribution in [3.8, 4) is 0 Å². The Hall–Kier alpha value is -1.49. The van der Waals surface area contributed by atoms with Gasteiger partial charge in [0.25, 0.3) is 5.91 Å². The monoisotopic (exact) mass is 208 g/mol. The van der Waals surface area contributed by atoms with Crippen LogP contribution in [0, 0.1) is 5.92 Å². The number of nitrogens with zero attached hydrogens (tertiary/aromatic N) is 2. The predicted molar refractivity (Wildman–Crippen MR) is 57.2 cm³/mol. The molecule has 1 heterocycles. The average Bonchev–Trinajstić information content (AvgIpc) is 2.29. The van der Waals surface area contributed by atoms with Crippen molar-refractivity contribution in [3.63, 3.8) is 0 Å². The highest BCUT2D eigenvalue weighted by atomic mass is 16.1. The summed E-state index contributed by atoms with van der Waals surface area (Å²) < 4.78 is 0. The highest BCUT2D eigenvalue weighted by molar-refractivity contribution is 5.93. The molecular weight excluding hydrogens is 192 g/mol. The Morgan fingerprint density at radius 3 is 2.80 bits per heavy atom. The number of nitrogens with one attached hydrogen (secondary N) is 1. The molecule has 0 aromatic carbocycles. The molecule has 1 aromatic rings. The van der Waals surface area contributed by atoms with Crippen molar-refractivity contribution >= 4 is 5.91 Å². The van der Waals surface area contributed by atoms with Gasteiger partial charge in [0.1, 0.15) is 0 Å². The standard InChI is InChI=1S/C10H16N4O/c1-7(5-11)8(2)14-10(15)9-3-4-12-13-6-9/h3-4,6-8H,5,11H2,1-2H3,(H,14,15). The molecule has 0 bridgehead atoms. The molecule has 1 aromatic heterocycles. The summed E-state index contributed by atoms with van der Waals surface area (Å²) in [6, 6.07) is 1.68. The maximum absolute atomic E-state index is 11.7. The number of rotatable bonds is 4. The fraction of sp³-hybridized carbons (Fsp3) is 0.500. The Morgan fingerprint density at radius 1 is 1.53 bits per heavy atom. The number of aromatic nitrogens is 2. The smallest absolute Gasteiger partial charge is 0.253 e. The van der Waals surface area contributed by atoms with E-state index in [9.17, 15) is 4.79 Å². The molecule has 2 unspecified atom stereocenters. The van der Waals surface area contributed by atoms with Crippen LogP contribution in [0.1, 0.15) is 24.2 Å². The van der Waals surface area contributed by atoms with Crippen molar-refractivity contribution in [3.05, 3.63) is 24.0 Å². The summed E-state index contributed by atoms with van der Waals surface area (Å²) >= 11 is 0. The number of carbonyl (C=O) groups is 1. The molecule has 0 fully saturated rings. The molecule has 0 aliphatic heterocycles. The number of hydrogen-bond donors (Lipinski definition) is 2. The van der Waals surface area contributed by atoms with Crippen molar-refractivity contribution in [2.45, 2.75) is 19.9 Å². The summed E-state index contributed by atoms with van der Waals surface area (Å²) in [5.74, 6) is 0.112. The highest BCUT2D eigenvalue weighted by Gasteiger charge is 2.14. The molecule has 0 aliphatic rings. The fourth-order valence-electron chi connectivity index (χ4n) is 1.06. The first kappa shape index (κ1) is 11.6. The van der Waals surface area contributed by atoms with Gasteiger partial charge in [-0.1, -0.05) is 6.92 Å². The number of carbonyl (C=O) groups excluding carboxylic acids is 1. The molecule has 2 atom stereocenters. The second-order valence-corrected chi connectivity index (χ2v) is 3.61. The predicted octanol–water partition coefficient (Wildman–Crippen LogP) is 0.190. The van der Waals surface area contributed by atoms with Crippen LogP contribution in [0.25, 0.3) is 0 Å². The Bertz CT molecular complexity index is 314. The van der Waals surface area contributed by atoms with Gasteiger partial charge >= 0.3 is 0 Å². The molecule has 0 radical (unpaired) electrons. The first-order valence-corrected chi connectivity index (χ1v) is 4.92. The summed E-state index contributed by atoms with van der Waals surface area (Å²) in [5.41, 5.74) is 6.03. The molecule has 1 rings (SSSR count). The summed E-state index contributed by atoms with van der Waals surface area (Å²) in [6.45, 7) is 4.48. The highest BCUT2D eigenvalue weighted by Crippen LogP contribution is 2.02. The summed E-state index contributed by atoms with van der Waals surface area (Å²) in [5, 5.41) is 10.1. The van der Waals surface area contributed by atoms with E-state index in [1.807, 2.05) is 13.8 Å².